The van der Waals surface area contributed by atoms with Crippen LogP contribution in [0.4, 0.5) is 5.82 Å². The highest BCUT2D eigenvalue weighted by Gasteiger charge is 2.16. The number of aryl methyl sites for hydroxylation is 2. The molecule has 0 amide bonds. The van der Waals surface area contributed by atoms with Gasteiger partial charge in [-0.05, 0) is 38.1 Å². The van der Waals surface area contributed by atoms with Crippen LogP contribution in [-0.4, -0.2) is 24.7 Å². The van der Waals surface area contributed by atoms with Crippen LogP contribution in [0.2, 0.25) is 5.02 Å². The molecular formula is C18H15ClN6. The van der Waals surface area contributed by atoms with Crippen LogP contribution >= 0.6 is 11.6 Å². The average Bonchev–Trinajstić information content (AvgIpc) is 3.03. The van der Waals surface area contributed by atoms with Gasteiger partial charge in [0.2, 0.25) is 0 Å². The molecule has 25 heavy (non-hydrogen) atoms. The van der Waals surface area contributed by atoms with Crippen molar-refractivity contribution < 1.29 is 0 Å². The van der Waals surface area contributed by atoms with Crippen molar-refractivity contribution in [2.45, 2.75) is 13.8 Å². The smallest absolute Gasteiger partial charge is 0.182 e. The van der Waals surface area contributed by atoms with Gasteiger partial charge in [0.1, 0.15) is 11.5 Å². The maximum absolute atomic E-state index is 6.43. The minimum absolute atomic E-state index is 0.375. The molecule has 1 aromatic carbocycles. The molecule has 0 aliphatic heterocycles. The average molecular weight is 351 g/mol. The summed E-state index contributed by atoms with van der Waals surface area (Å²) in [6.45, 7) is 3.74. The van der Waals surface area contributed by atoms with Gasteiger partial charge in [0.25, 0.3) is 0 Å². The summed E-state index contributed by atoms with van der Waals surface area (Å²) in [7, 11) is 0. The van der Waals surface area contributed by atoms with Crippen molar-refractivity contribution in [3.8, 4) is 17.1 Å². The first kappa shape index (κ1) is 15.5. The van der Waals surface area contributed by atoms with E-state index in [9.17, 15) is 0 Å². The quantitative estimate of drug-likeness (QED) is 0.595. The Bertz CT molecular complexity index is 1100. The van der Waals surface area contributed by atoms with Crippen LogP contribution in [0.25, 0.3) is 28.0 Å². The lowest BCUT2D eigenvalue weighted by atomic mass is 10.1. The van der Waals surface area contributed by atoms with Gasteiger partial charge in [0.15, 0.2) is 5.82 Å². The molecule has 2 N–H and O–H groups in total. The van der Waals surface area contributed by atoms with Crippen molar-refractivity contribution in [3.05, 3.63) is 59.1 Å². The van der Waals surface area contributed by atoms with Crippen LogP contribution in [-0.2, 0) is 0 Å². The maximum atomic E-state index is 6.43. The Morgan fingerprint density at radius 2 is 1.96 bits per heavy atom. The minimum Gasteiger partial charge on any atom is -0.382 e. The molecule has 0 atom stereocenters. The van der Waals surface area contributed by atoms with Crippen LogP contribution in [0.5, 0.6) is 0 Å². The second-order valence-corrected chi connectivity index (χ2v) is 6.21. The van der Waals surface area contributed by atoms with Gasteiger partial charge >= 0.3 is 0 Å². The molecule has 3 aromatic heterocycles. The van der Waals surface area contributed by atoms with Crippen LogP contribution in [0.1, 0.15) is 11.4 Å². The van der Waals surface area contributed by atoms with Crippen LogP contribution in [0.3, 0.4) is 0 Å². The SMILES string of the molecule is Cc1ccn(-c2nc(N)c(C)nc2-c2cc(Cl)c3ncccc3c2)n1. The van der Waals surface area contributed by atoms with Crippen LogP contribution in [0, 0.1) is 13.8 Å². The Morgan fingerprint density at radius 3 is 2.72 bits per heavy atom. The lowest BCUT2D eigenvalue weighted by Gasteiger charge is -2.12. The van der Waals surface area contributed by atoms with E-state index in [0.29, 0.717) is 28.0 Å². The first-order valence-electron chi connectivity index (χ1n) is 7.74. The third-order valence-electron chi connectivity index (χ3n) is 3.96. The van der Waals surface area contributed by atoms with Crippen LogP contribution in [0.15, 0.2) is 42.7 Å². The largest absolute Gasteiger partial charge is 0.382 e. The highest BCUT2D eigenvalue weighted by Crippen LogP contribution is 2.31. The number of benzene rings is 1. The fourth-order valence-corrected chi connectivity index (χ4v) is 2.97. The third-order valence-corrected chi connectivity index (χ3v) is 4.25. The number of nitrogens with zero attached hydrogens (tertiary/aromatic N) is 5. The Labute approximate surface area is 149 Å². The van der Waals surface area contributed by atoms with Gasteiger partial charge < -0.3 is 5.73 Å². The van der Waals surface area contributed by atoms with E-state index in [-0.39, 0.29) is 0 Å². The molecule has 4 rings (SSSR count). The number of fused-ring (bicyclic) bond motifs is 1. The van der Waals surface area contributed by atoms with Gasteiger partial charge in [-0.25, -0.2) is 14.6 Å². The fraction of sp³-hybridized carbons (Fsp3) is 0.111. The van der Waals surface area contributed by atoms with Crippen LogP contribution < -0.4 is 5.73 Å². The second-order valence-electron chi connectivity index (χ2n) is 5.80. The summed E-state index contributed by atoms with van der Waals surface area (Å²) in [4.78, 5) is 13.5. The molecule has 0 radical (unpaired) electrons. The minimum atomic E-state index is 0.375. The number of rotatable bonds is 2. The van der Waals surface area contributed by atoms with E-state index >= 15 is 0 Å². The molecular weight excluding hydrogens is 336 g/mol. The van der Waals surface area contributed by atoms with E-state index in [1.165, 1.54) is 0 Å². The maximum Gasteiger partial charge on any atom is 0.182 e. The molecule has 124 valence electrons. The highest BCUT2D eigenvalue weighted by molar-refractivity contribution is 6.35. The van der Waals surface area contributed by atoms with Crippen molar-refractivity contribution in [3.63, 3.8) is 0 Å². The summed E-state index contributed by atoms with van der Waals surface area (Å²) in [6, 6.07) is 9.58. The second kappa shape index (κ2) is 5.82. The van der Waals surface area contributed by atoms with E-state index in [2.05, 4.69) is 20.1 Å². The molecule has 3 heterocycles. The van der Waals surface area contributed by atoms with Crippen molar-refractivity contribution in [1.29, 1.82) is 0 Å². The summed E-state index contributed by atoms with van der Waals surface area (Å²) >= 11 is 6.43. The molecule has 6 nitrogen and oxygen atoms in total. The first-order chi connectivity index (χ1) is 12.0. The number of halogens is 1. The number of aromatic nitrogens is 5. The first-order valence-corrected chi connectivity index (χ1v) is 8.12. The Hall–Kier alpha value is -2.99. The zero-order chi connectivity index (χ0) is 17.6. The van der Waals surface area contributed by atoms with Gasteiger partial charge in [-0.1, -0.05) is 17.7 Å². The van der Waals surface area contributed by atoms with Crippen molar-refractivity contribution in [2.24, 2.45) is 0 Å². The predicted molar refractivity (Wildman–Crippen MR) is 98.8 cm³/mol. The molecule has 0 bridgehead atoms. The normalized spacial score (nSPS) is 11.2. The molecule has 7 heteroatoms. The Kier molecular flexibility index (Phi) is 3.62. The Balaban J connectivity index is 2.00. The molecule has 0 aliphatic carbocycles. The van der Waals surface area contributed by atoms with E-state index in [1.54, 1.807) is 10.9 Å². The van der Waals surface area contributed by atoms with Gasteiger partial charge in [0, 0.05) is 23.3 Å². The van der Waals surface area contributed by atoms with E-state index in [0.717, 1.165) is 22.2 Å². The number of nitrogens with two attached hydrogens (primary N) is 1. The zero-order valence-electron chi connectivity index (χ0n) is 13.7. The predicted octanol–water partition coefficient (Wildman–Crippen LogP) is 3.73. The molecule has 0 fully saturated rings. The molecule has 0 spiro atoms. The number of hydrogen-bond donors (Lipinski definition) is 1. The number of pyridine rings is 1. The molecule has 4 aromatic rings. The van der Waals surface area contributed by atoms with Crippen molar-refractivity contribution in [2.75, 3.05) is 5.73 Å². The topological polar surface area (TPSA) is 82.5 Å². The standard InChI is InChI=1S/C18H15ClN6/c1-10-5-7-25(24-10)18-16(22-11(2)17(20)23-18)13-8-12-4-3-6-21-15(12)14(19)9-13/h3-9H,1-2H3,(H2,20,23). The van der Waals surface area contributed by atoms with E-state index < -0.39 is 0 Å². The lowest BCUT2D eigenvalue weighted by Crippen LogP contribution is -2.08. The molecule has 0 saturated heterocycles. The van der Waals surface area contributed by atoms with E-state index in [1.807, 2.05) is 50.4 Å². The Morgan fingerprint density at radius 1 is 1.12 bits per heavy atom. The number of hydrogen-bond acceptors (Lipinski definition) is 5. The van der Waals surface area contributed by atoms with Gasteiger partial charge in [-0.3, -0.25) is 4.98 Å². The van der Waals surface area contributed by atoms with Crippen molar-refractivity contribution in [1.82, 2.24) is 24.7 Å². The summed E-state index contributed by atoms with van der Waals surface area (Å²) in [6.07, 6.45) is 3.56. The van der Waals surface area contributed by atoms with Gasteiger partial charge in [-0.2, -0.15) is 5.10 Å². The summed E-state index contributed by atoms with van der Waals surface area (Å²) < 4.78 is 1.68. The fourth-order valence-electron chi connectivity index (χ4n) is 2.69. The van der Waals surface area contributed by atoms with Gasteiger partial charge in [-0.15, -0.1) is 0 Å². The third kappa shape index (κ3) is 2.70. The molecule has 0 saturated carbocycles. The highest BCUT2D eigenvalue weighted by atomic mass is 35.5. The number of anilines is 1. The van der Waals surface area contributed by atoms with Gasteiger partial charge in [0.05, 0.1) is 21.9 Å². The van der Waals surface area contributed by atoms with Crippen molar-refractivity contribution >= 4 is 28.3 Å². The van der Waals surface area contributed by atoms with E-state index in [4.69, 9.17) is 17.3 Å². The molecule has 0 unspecified atom stereocenters. The monoisotopic (exact) mass is 350 g/mol. The number of nitrogen functional groups attached to an aromatic ring is 1. The summed E-state index contributed by atoms with van der Waals surface area (Å²) in [5, 5.41) is 5.93. The lowest BCUT2D eigenvalue weighted by molar-refractivity contribution is 0.826. The summed E-state index contributed by atoms with van der Waals surface area (Å²) in [5.41, 5.74) is 9.78. The zero-order valence-corrected chi connectivity index (χ0v) is 14.5. The molecule has 0 aliphatic rings. The summed E-state index contributed by atoms with van der Waals surface area (Å²) in [5.74, 6) is 0.941.